The van der Waals surface area contributed by atoms with Crippen LogP contribution < -0.4 is 10.6 Å². The number of hydrogen-bond acceptors (Lipinski definition) is 4. The molecule has 3 aromatic rings. The number of nitrogens with zero attached hydrogens (tertiary/aromatic N) is 1. The summed E-state index contributed by atoms with van der Waals surface area (Å²) in [6, 6.07) is 14.0. The Bertz CT molecular complexity index is 854. The van der Waals surface area contributed by atoms with Crippen molar-refractivity contribution in [3.8, 4) is 0 Å². The molecular formula is C19H19N3OS. The summed E-state index contributed by atoms with van der Waals surface area (Å²) in [5, 5.41) is 7.47. The summed E-state index contributed by atoms with van der Waals surface area (Å²) in [7, 11) is 0. The highest BCUT2D eigenvalue weighted by molar-refractivity contribution is 7.18. The van der Waals surface area contributed by atoms with Crippen LogP contribution in [0.4, 0.5) is 5.69 Å². The second-order valence-electron chi connectivity index (χ2n) is 5.94. The van der Waals surface area contributed by atoms with Gasteiger partial charge in [-0.3, -0.25) is 4.79 Å². The molecule has 4 rings (SSSR count). The zero-order valence-corrected chi connectivity index (χ0v) is 14.2. The van der Waals surface area contributed by atoms with Gasteiger partial charge in [0.2, 0.25) is 0 Å². The van der Waals surface area contributed by atoms with E-state index < -0.39 is 0 Å². The van der Waals surface area contributed by atoms with Gasteiger partial charge in [-0.2, -0.15) is 0 Å². The van der Waals surface area contributed by atoms with Crippen LogP contribution in [-0.2, 0) is 12.8 Å². The van der Waals surface area contributed by atoms with E-state index in [1.807, 2.05) is 36.4 Å². The fraction of sp³-hybridized carbons (Fsp3) is 0.263. The van der Waals surface area contributed by atoms with Crippen molar-refractivity contribution in [3.05, 3.63) is 58.6 Å². The fourth-order valence-electron chi connectivity index (χ4n) is 3.13. The van der Waals surface area contributed by atoms with E-state index in [-0.39, 0.29) is 5.91 Å². The van der Waals surface area contributed by atoms with Crippen molar-refractivity contribution < 1.29 is 4.79 Å². The number of nitrogens with one attached hydrogen (secondary N) is 2. The summed E-state index contributed by atoms with van der Waals surface area (Å²) in [5.41, 5.74) is 4.07. The van der Waals surface area contributed by atoms with Crippen molar-refractivity contribution in [1.29, 1.82) is 0 Å². The normalized spacial score (nSPS) is 13.3. The van der Waals surface area contributed by atoms with Crippen molar-refractivity contribution in [2.24, 2.45) is 0 Å². The average Bonchev–Trinajstić information content (AvgIpc) is 3.04. The van der Waals surface area contributed by atoms with Gasteiger partial charge < -0.3 is 10.6 Å². The molecule has 122 valence electrons. The largest absolute Gasteiger partial charge is 0.385 e. The molecule has 5 heteroatoms. The molecule has 1 amide bonds. The number of rotatable bonds is 4. The summed E-state index contributed by atoms with van der Waals surface area (Å²) in [5.74, 6) is 0.0108. The smallest absolute Gasteiger partial charge is 0.251 e. The summed E-state index contributed by atoms with van der Waals surface area (Å²) >= 11 is 1.70. The minimum Gasteiger partial charge on any atom is -0.385 e. The number of para-hydroxylation sites is 1. The molecule has 0 spiro atoms. The molecule has 0 fully saturated rings. The van der Waals surface area contributed by atoms with Crippen LogP contribution in [0.25, 0.3) is 10.2 Å². The molecule has 0 unspecified atom stereocenters. The van der Waals surface area contributed by atoms with E-state index >= 15 is 0 Å². The maximum atomic E-state index is 12.5. The second-order valence-corrected chi connectivity index (χ2v) is 7.06. The fourth-order valence-corrected chi connectivity index (χ4v) is 4.09. The van der Waals surface area contributed by atoms with E-state index in [1.54, 1.807) is 11.3 Å². The Balaban J connectivity index is 1.42. The van der Waals surface area contributed by atoms with Crippen molar-refractivity contribution in [2.45, 2.75) is 19.3 Å². The predicted molar refractivity (Wildman–Crippen MR) is 98.9 cm³/mol. The van der Waals surface area contributed by atoms with Crippen LogP contribution in [0.5, 0.6) is 0 Å². The summed E-state index contributed by atoms with van der Waals surface area (Å²) < 4.78 is 1.20. The van der Waals surface area contributed by atoms with E-state index in [0.29, 0.717) is 6.54 Å². The molecule has 1 aliphatic heterocycles. The number of fused-ring (bicyclic) bond motifs is 2. The molecule has 0 saturated heterocycles. The van der Waals surface area contributed by atoms with Gasteiger partial charge in [-0.25, -0.2) is 4.98 Å². The third kappa shape index (κ3) is 2.99. The van der Waals surface area contributed by atoms with E-state index in [4.69, 9.17) is 0 Å². The van der Waals surface area contributed by atoms with E-state index in [9.17, 15) is 4.79 Å². The van der Waals surface area contributed by atoms with E-state index in [0.717, 1.165) is 53.1 Å². The Morgan fingerprint density at radius 2 is 2.12 bits per heavy atom. The monoisotopic (exact) mass is 337 g/mol. The average molecular weight is 337 g/mol. The van der Waals surface area contributed by atoms with Crippen molar-refractivity contribution >= 4 is 33.1 Å². The number of carbonyl (C=O) groups excluding carboxylic acids is 1. The first-order valence-electron chi connectivity index (χ1n) is 8.30. The highest BCUT2D eigenvalue weighted by Crippen LogP contribution is 2.25. The molecule has 1 aliphatic rings. The Labute approximate surface area is 144 Å². The molecule has 0 saturated carbocycles. The quantitative estimate of drug-likeness (QED) is 0.764. The topological polar surface area (TPSA) is 54.0 Å². The number of thiazole rings is 1. The molecule has 0 aliphatic carbocycles. The number of anilines is 1. The number of benzene rings is 2. The highest BCUT2D eigenvalue weighted by atomic mass is 32.1. The van der Waals surface area contributed by atoms with Crippen LogP contribution in [0.1, 0.15) is 27.3 Å². The molecule has 24 heavy (non-hydrogen) atoms. The number of hydrogen-bond donors (Lipinski definition) is 2. The van der Waals surface area contributed by atoms with Crippen LogP contribution in [0.15, 0.2) is 42.5 Å². The Morgan fingerprint density at radius 3 is 3.04 bits per heavy atom. The van der Waals surface area contributed by atoms with Gasteiger partial charge in [-0.05, 0) is 42.7 Å². The lowest BCUT2D eigenvalue weighted by Gasteiger charge is -2.20. The zero-order valence-electron chi connectivity index (χ0n) is 13.3. The first-order valence-corrected chi connectivity index (χ1v) is 9.11. The molecular weight excluding hydrogens is 318 g/mol. The predicted octanol–water partition coefficient (Wildman–Crippen LogP) is 3.63. The molecule has 0 radical (unpaired) electrons. The van der Waals surface area contributed by atoms with Crippen LogP contribution in [-0.4, -0.2) is 24.0 Å². The molecule has 0 bridgehead atoms. The Hall–Kier alpha value is -2.40. The number of carbonyl (C=O) groups is 1. The summed E-state index contributed by atoms with van der Waals surface area (Å²) in [4.78, 5) is 17.1. The van der Waals surface area contributed by atoms with Crippen LogP contribution >= 0.6 is 11.3 Å². The first-order chi connectivity index (χ1) is 11.8. The number of amides is 1. The maximum absolute atomic E-state index is 12.5. The minimum atomic E-state index is 0.0108. The lowest BCUT2D eigenvalue weighted by molar-refractivity contribution is 0.0953. The third-order valence-corrected chi connectivity index (χ3v) is 5.40. The highest BCUT2D eigenvalue weighted by Gasteiger charge is 2.17. The summed E-state index contributed by atoms with van der Waals surface area (Å²) in [6.07, 6.45) is 2.80. The minimum absolute atomic E-state index is 0.0108. The van der Waals surface area contributed by atoms with Crippen molar-refractivity contribution in [3.63, 3.8) is 0 Å². The van der Waals surface area contributed by atoms with Gasteiger partial charge in [0.1, 0.15) is 0 Å². The van der Waals surface area contributed by atoms with Crippen molar-refractivity contribution in [2.75, 3.05) is 18.4 Å². The molecule has 2 aromatic carbocycles. The van der Waals surface area contributed by atoms with E-state index in [2.05, 4.69) is 21.7 Å². The molecule has 0 atom stereocenters. The SMILES string of the molecule is O=C(NCCc1nc2ccccc2s1)c1cccc2c1CCCN2. The molecule has 1 aromatic heterocycles. The zero-order chi connectivity index (χ0) is 16.4. The standard InChI is InChI=1S/C19H19N3OS/c23-19(14-5-3-8-15-13(14)6-4-11-20-15)21-12-10-18-22-16-7-1-2-9-17(16)24-18/h1-3,5,7-9,20H,4,6,10-12H2,(H,21,23). The first kappa shape index (κ1) is 15.1. The molecule has 2 N–H and O–H groups in total. The van der Waals surface area contributed by atoms with Gasteiger partial charge in [-0.1, -0.05) is 18.2 Å². The lowest BCUT2D eigenvalue weighted by atomic mass is 9.97. The Kier molecular flexibility index (Phi) is 4.17. The summed E-state index contributed by atoms with van der Waals surface area (Å²) in [6.45, 7) is 1.59. The molecule has 4 nitrogen and oxygen atoms in total. The Morgan fingerprint density at radius 1 is 1.21 bits per heavy atom. The second kappa shape index (κ2) is 6.61. The van der Waals surface area contributed by atoms with Gasteiger partial charge >= 0.3 is 0 Å². The third-order valence-electron chi connectivity index (χ3n) is 4.30. The lowest BCUT2D eigenvalue weighted by Crippen LogP contribution is -2.27. The van der Waals surface area contributed by atoms with Crippen LogP contribution in [0.2, 0.25) is 0 Å². The maximum Gasteiger partial charge on any atom is 0.251 e. The van der Waals surface area contributed by atoms with Gasteiger partial charge in [0.15, 0.2) is 0 Å². The van der Waals surface area contributed by atoms with Gasteiger partial charge in [-0.15, -0.1) is 11.3 Å². The van der Waals surface area contributed by atoms with Crippen molar-refractivity contribution in [1.82, 2.24) is 10.3 Å². The molecule has 2 heterocycles. The van der Waals surface area contributed by atoms with E-state index in [1.165, 1.54) is 4.70 Å². The van der Waals surface area contributed by atoms with Gasteiger partial charge in [0.05, 0.1) is 15.2 Å². The van der Waals surface area contributed by atoms with Gasteiger partial charge in [0, 0.05) is 30.8 Å². The van der Waals surface area contributed by atoms with Crippen LogP contribution in [0, 0.1) is 0 Å². The van der Waals surface area contributed by atoms with Gasteiger partial charge in [0.25, 0.3) is 5.91 Å². The van der Waals surface area contributed by atoms with Crippen LogP contribution in [0.3, 0.4) is 0 Å². The number of aromatic nitrogens is 1.